The lowest BCUT2D eigenvalue weighted by molar-refractivity contribution is 0.111. The van der Waals surface area contributed by atoms with Gasteiger partial charge in [0, 0.05) is 12.3 Å². The predicted molar refractivity (Wildman–Crippen MR) is 36.1 cm³/mol. The highest BCUT2D eigenvalue weighted by molar-refractivity contribution is 5.72. The van der Waals surface area contributed by atoms with Crippen LogP contribution in [0, 0.1) is 5.82 Å². The van der Waals surface area contributed by atoms with E-state index in [1.54, 1.807) is 0 Å². The Bertz CT molecular complexity index is 275. The molecule has 0 aromatic carbocycles. The van der Waals surface area contributed by atoms with E-state index in [0.29, 0.717) is 6.29 Å². The van der Waals surface area contributed by atoms with Gasteiger partial charge >= 0.3 is 0 Å². The summed E-state index contributed by atoms with van der Waals surface area (Å²) in [7, 11) is 1.33. The average Bonchev–Trinajstić information content (AvgIpc) is 2.05. The Morgan fingerprint density at radius 3 is 3.00 bits per heavy atom. The number of carbonyl (C=O) groups is 1. The summed E-state index contributed by atoms with van der Waals surface area (Å²) < 4.78 is 17.5. The molecule has 0 aliphatic heterocycles. The van der Waals surface area contributed by atoms with Crippen LogP contribution in [0.4, 0.5) is 4.39 Å². The van der Waals surface area contributed by atoms with E-state index in [-0.39, 0.29) is 11.4 Å². The van der Waals surface area contributed by atoms with E-state index in [0.717, 1.165) is 0 Å². The van der Waals surface area contributed by atoms with Crippen LogP contribution < -0.4 is 4.74 Å². The first-order valence-corrected chi connectivity index (χ1v) is 2.93. The third kappa shape index (κ3) is 1.34. The second kappa shape index (κ2) is 3.09. The monoisotopic (exact) mass is 155 g/mol. The maximum Gasteiger partial charge on any atom is 0.193 e. The predicted octanol–water partition coefficient (Wildman–Crippen LogP) is 1.04. The number of halogens is 1. The van der Waals surface area contributed by atoms with Crippen molar-refractivity contribution in [3.05, 3.63) is 23.8 Å². The first-order valence-electron chi connectivity index (χ1n) is 2.93. The van der Waals surface area contributed by atoms with Crippen LogP contribution >= 0.6 is 0 Å². The number of aldehydes is 1. The van der Waals surface area contributed by atoms with Crippen LogP contribution in [0.25, 0.3) is 0 Å². The van der Waals surface area contributed by atoms with Crippen molar-refractivity contribution in [1.82, 2.24) is 4.98 Å². The molecule has 1 heterocycles. The molecule has 0 N–H and O–H groups in total. The minimum atomic E-state index is -0.718. The first kappa shape index (κ1) is 7.65. The van der Waals surface area contributed by atoms with Crippen molar-refractivity contribution in [3.8, 4) is 5.75 Å². The Morgan fingerprint density at radius 2 is 2.45 bits per heavy atom. The highest BCUT2D eigenvalue weighted by Crippen LogP contribution is 2.15. The normalized spacial score (nSPS) is 9.27. The van der Waals surface area contributed by atoms with Crippen LogP contribution in [0.1, 0.15) is 10.5 Å². The summed E-state index contributed by atoms with van der Waals surface area (Å²) in [5.41, 5.74) is -0.232. The van der Waals surface area contributed by atoms with Crippen molar-refractivity contribution in [3.63, 3.8) is 0 Å². The molecule has 0 saturated heterocycles. The molecule has 58 valence electrons. The van der Waals surface area contributed by atoms with Crippen LogP contribution in [0.3, 0.4) is 0 Å². The van der Waals surface area contributed by atoms with E-state index < -0.39 is 5.82 Å². The number of methoxy groups -OCH3 is 1. The summed E-state index contributed by atoms with van der Waals surface area (Å²) in [4.78, 5) is 13.6. The van der Waals surface area contributed by atoms with Crippen LogP contribution in [0.5, 0.6) is 5.75 Å². The third-order valence-electron chi connectivity index (χ3n) is 1.21. The van der Waals surface area contributed by atoms with Gasteiger partial charge in [-0.3, -0.25) is 9.78 Å². The lowest BCUT2D eigenvalue weighted by atomic mass is 10.3. The molecule has 0 saturated carbocycles. The second-order valence-electron chi connectivity index (χ2n) is 1.83. The number of nitrogens with zero attached hydrogens (tertiary/aromatic N) is 1. The van der Waals surface area contributed by atoms with Crippen molar-refractivity contribution >= 4 is 6.29 Å². The van der Waals surface area contributed by atoms with E-state index in [1.807, 2.05) is 0 Å². The molecule has 0 amide bonds. The minimum Gasteiger partial charge on any atom is -0.494 e. The number of hydrogen-bond acceptors (Lipinski definition) is 3. The third-order valence-corrected chi connectivity index (χ3v) is 1.21. The summed E-state index contributed by atoms with van der Waals surface area (Å²) >= 11 is 0. The van der Waals surface area contributed by atoms with Gasteiger partial charge < -0.3 is 4.74 Å². The van der Waals surface area contributed by atoms with E-state index in [9.17, 15) is 9.18 Å². The molecule has 1 aromatic heterocycles. The van der Waals surface area contributed by atoms with Gasteiger partial charge in [0.05, 0.1) is 7.11 Å². The van der Waals surface area contributed by atoms with Gasteiger partial charge in [0.25, 0.3) is 0 Å². The topological polar surface area (TPSA) is 39.2 Å². The van der Waals surface area contributed by atoms with Crippen molar-refractivity contribution in [1.29, 1.82) is 0 Å². The highest BCUT2D eigenvalue weighted by atomic mass is 19.1. The van der Waals surface area contributed by atoms with Gasteiger partial charge in [-0.2, -0.15) is 0 Å². The fourth-order valence-electron chi connectivity index (χ4n) is 0.681. The summed E-state index contributed by atoms with van der Waals surface area (Å²) in [5.74, 6) is -0.688. The molecular weight excluding hydrogens is 149 g/mol. The number of rotatable bonds is 2. The Morgan fingerprint density at radius 1 is 1.73 bits per heavy atom. The van der Waals surface area contributed by atoms with E-state index in [4.69, 9.17) is 0 Å². The number of hydrogen-bond donors (Lipinski definition) is 0. The maximum absolute atomic E-state index is 12.9. The number of pyridine rings is 1. The Labute approximate surface area is 62.8 Å². The molecule has 0 radical (unpaired) electrons. The molecule has 0 unspecified atom stereocenters. The van der Waals surface area contributed by atoms with Crippen molar-refractivity contribution in [2.75, 3.05) is 7.11 Å². The molecule has 3 nitrogen and oxygen atoms in total. The van der Waals surface area contributed by atoms with Crippen molar-refractivity contribution in [2.24, 2.45) is 0 Å². The molecular formula is C7H6FNO2. The SMILES string of the molecule is COc1ccnc(C=O)c1F. The summed E-state index contributed by atoms with van der Waals surface area (Å²) in [5, 5.41) is 0. The average molecular weight is 155 g/mol. The zero-order valence-corrected chi connectivity index (χ0v) is 5.87. The Kier molecular flexibility index (Phi) is 2.15. The molecule has 1 rings (SSSR count). The van der Waals surface area contributed by atoms with Crippen LogP contribution in [0.15, 0.2) is 12.3 Å². The highest BCUT2D eigenvalue weighted by Gasteiger charge is 2.07. The zero-order valence-electron chi connectivity index (χ0n) is 5.87. The molecule has 1 aromatic rings. The van der Waals surface area contributed by atoms with Gasteiger partial charge in [-0.25, -0.2) is 4.39 Å². The largest absolute Gasteiger partial charge is 0.494 e. The standard InChI is InChI=1S/C7H6FNO2/c1-11-6-2-3-9-5(4-10)7(6)8/h2-4H,1H3. The summed E-state index contributed by atoms with van der Waals surface area (Å²) in [6.45, 7) is 0. The molecule has 4 heteroatoms. The molecule has 0 aliphatic rings. The van der Waals surface area contributed by atoms with Crippen molar-refractivity contribution < 1.29 is 13.9 Å². The van der Waals surface area contributed by atoms with E-state index in [1.165, 1.54) is 19.4 Å². The van der Waals surface area contributed by atoms with Gasteiger partial charge in [-0.1, -0.05) is 0 Å². The molecule has 0 bridgehead atoms. The van der Waals surface area contributed by atoms with Gasteiger partial charge in [-0.15, -0.1) is 0 Å². The number of ether oxygens (including phenoxy) is 1. The Balaban J connectivity index is 3.20. The summed E-state index contributed by atoms with van der Waals surface area (Å²) in [6, 6.07) is 1.35. The van der Waals surface area contributed by atoms with Crippen molar-refractivity contribution in [2.45, 2.75) is 0 Å². The minimum absolute atomic E-state index is 0.0297. The lowest BCUT2D eigenvalue weighted by Gasteiger charge is -2.00. The molecule has 0 fully saturated rings. The van der Waals surface area contributed by atoms with Crippen LogP contribution in [-0.4, -0.2) is 18.4 Å². The molecule has 11 heavy (non-hydrogen) atoms. The molecule has 0 aliphatic carbocycles. The van der Waals surface area contributed by atoms with Gasteiger partial charge in [0.15, 0.2) is 17.9 Å². The number of aromatic nitrogens is 1. The fourth-order valence-corrected chi connectivity index (χ4v) is 0.681. The fraction of sp³-hybridized carbons (Fsp3) is 0.143. The maximum atomic E-state index is 12.9. The van der Waals surface area contributed by atoms with Crippen LogP contribution in [0.2, 0.25) is 0 Å². The zero-order chi connectivity index (χ0) is 8.27. The van der Waals surface area contributed by atoms with Crippen LogP contribution in [-0.2, 0) is 0 Å². The van der Waals surface area contributed by atoms with Gasteiger partial charge in [0.1, 0.15) is 5.69 Å². The first-order chi connectivity index (χ1) is 5.29. The lowest BCUT2D eigenvalue weighted by Crippen LogP contribution is -1.95. The quantitative estimate of drug-likeness (QED) is 0.599. The summed E-state index contributed by atoms with van der Waals surface area (Å²) in [6.07, 6.45) is 1.66. The second-order valence-corrected chi connectivity index (χ2v) is 1.83. The van der Waals surface area contributed by atoms with E-state index in [2.05, 4.69) is 9.72 Å². The van der Waals surface area contributed by atoms with E-state index >= 15 is 0 Å². The smallest absolute Gasteiger partial charge is 0.193 e. The number of carbonyl (C=O) groups excluding carboxylic acids is 1. The Hall–Kier alpha value is -1.45. The van der Waals surface area contributed by atoms with Gasteiger partial charge in [-0.05, 0) is 0 Å². The molecule has 0 spiro atoms. The van der Waals surface area contributed by atoms with Gasteiger partial charge in [0.2, 0.25) is 0 Å². The molecule has 0 atom stereocenters.